The molecular formula is C26H36MnN12O8. The molecule has 0 fully saturated rings. The number of imidazole rings is 6. The topological polar surface area (TPSA) is 378 Å². The summed E-state index contributed by atoms with van der Waals surface area (Å²) < 4.78 is 0. The molecule has 0 aliphatic rings. The van der Waals surface area contributed by atoms with E-state index in [9.17, 15) is 19.8 Å². The van der Waals surface area contributed by atoms with Crippen molar-refractivity contribution in [1.82, 2.24) is 59.8 Å². The zero-order valence-corrected chi connectivity index (χ0v) is 25.6. The quantitative estimate of drug-likeness (QED) is 0.104. The first-order valence-electron chi connectivity index (χ1n) is 11.7. The number of aromatic nitrogens is 12. The number of aromatic carboxylic acids is 2. The molecule has 0 saturated heterocycles. The number of aromatic amines is 6. The van der Waals surface area contributed by atoms with Crippen LogP contribution in [0.3, 0.4) is 0 Å². The fourth-order valence-electron chi connectivity index (χ4n) is 2.03. The number of nitrogens with zero attached hydrogens (tertiary/aromatic N) is 6. The van der Waals surface area contributed by atoms with Gasteiger partial charge in [-0.2, -0.15) is 0 Å². The Bertz CT molecular complexity index is 1080. The number of carbonyl (C=O) groups is 2. The summed E-state index contributed by atoms with van der Waals surface area (Å²) in [4.78, 5) is 58.9. The largest absolute Gasteiger partial charge is 2.00 e. The van der Waals surface area contributed by atoms with Crippen LogP contribution in [0.1, 0.15) is 20.7 Å². The minimum Gasteiger partial charge on any atom is -0.545 e. The van der Waals surface area contributed by atoms with Crippen molar-refractivity contribution in [3.63, 3.8) is 0 Å². The van der Waals surface area contributed by atoms with Crippen molar-refractivity contribution in [1.29, 1.82) is 0 Å². The average Bonchev–Trinajstić information content (AvgIpc) is 3.92. The van der Waals surface area contributed by atoms with Gasteiger partial charge in [0.15, 0.2) is 0 Å². The molecule has 20 nitrogen and oxygen atoms in total. The van der Waals surface area contributed by atoms with Crippen molar-refractivity contribution in [2.45, 2.75) is 0 Å². The van der Waals surface area contributed by atoms with Crippen molar-refractivity contribution in [2.24, 2.45) is 0 Å². The van der Waals surface area contributed by atoms with Crippen molar-refractivity contribution in [3.8, 4) is 0 Å². The first kappa shape index (κ1) is 50.4. The van der Waals surface area contributed by atoms with Crippen LogP contribution in [0.2, 0.25) is 0 Å². The number of carboxylic acid groups (broad SMARTS) is 2. The summed E-state index contributed by atoms with van der Waals surface area (Å²) in [5.41, 5.74) is -0.111. The third kappa shape index (κ3) is 32.5. The average molecular weight is 700 g/mol. The Morgan fingerprint density at radius 3 is 0.638 bits per heavy atom. The smallest absolute Gasteiger partial charge is 0.545 e. The summed E-state index contributed by atoms with van der Waals surface area (Å²) in [6.45, 7) is 0. The predicted molar refractivity (Wildman–Crippen MR) is 161 cm³/mol. The van der Waals surface area contributed by atoms with E-state index in [1.807, 2.05) is 0 Å². The van der Waals surface area contributed by atoms with E-state index in [1.54, 1.807) is 112 Å². The summed E-state index contributed by atoms with van der Waals surface area (Å²) >= 11 is 0. The van der Waals surface area contributed by atoms with Crippen molar-refractivity contribution in [3.05, 3.63) is 148 Å². The van der Waals surface area contributed by atoms with Gasteiger partial charge in [-0.05, 0) is 11.1 Å². The Balaban J connectivity index is -0.000000148. The molecule has 47 heavy (non-hydrogen) atoms. The first-order valence-corrected chi connectivity index (χ1v) is 11.7. The molecule has 0 spiro atoms. The second-order valence-electron chi connectivity index (χ2n) is 6.72. The van der Waals surface area contributed by atoms with Crippen LogP contribution in [-0.2, 0) is 17.1 Å². The van der Waals surface area contributed by atoms with Gasteiger partial charge in [-0.3, -0.25) is 0 Å². The van der Waals surface area contributed by atoms with E-state index >= 15 is 0 Å². The molecule has 14 N–H and O–H groups in total. The van der Waals surface area contributed by atoms with Gasteiger partial charge in [0.05, 0.1) is 49.9 Å². The second kappa shape index (κ2) is 37.8. The Morgan fingerprint density at radius 1 is 0.404 bits per heavy atom. The molecule has 6 aromatic heterocycles. The number of rotatable bonds is 2. The number of hydrogen-bond acceptors (Lipinski definition) is 10. The molecule has 0 bridgehead atoms. The fourth-order valence-corrected chi connectivity index (χ4v) is 2.03. The number of hydrogen-bond donors (Lipinski definition) is 6. The molecule has 0 aliphatic heterocycles. The third-order valence-electron chi connectivity index (χ3n) is 3.79. The summed E-state index contributed by atoms with van der Waals surface area (Å²) in [7, 11) is 0. The summed E-state index contributed by atoms with van der Waals surface area (Å²) in [6, 6.07) is 4.61. The SMILES string of the molecule is O.O.O.O.O=C([O-])c1ccc(C(=O)[O-])cc1.[Mn+2].c1c[nH]cn1.c1c[nH]cn1.c1c[nH]cn1.c1c[nH]cn1.c1c[nH]cn1.c1c[nH]cn1. The minimum absolute atomic E-state index is 0. The van der Waals surface area contributed by atoms with E-state index in [2.05, 4.69) is 59.8 Å². The summed E-state index contributed by atoms with van der Waals surface area (Å²) in [5, 5.41) is 20.4. The van der Waals surface area contributed by atoms with Crippen molar-refractivity contribution in [2.75, 3.05) is 0 Å². The van der Waals surface area contributed by atoms with E-state index in [1.165, 1.54) is 0 Å². The van der Waals surface area contributed by atoms with Crippen LogP contribution in [0.4, 0.5) is 0 Å². The molecule has 0 saturated carbocycles. The Kier molecular flexibility index (Phi) is 40.5. The molecule has 6 heterocycles. The van der Waals surface area contributed by atoms with Gasteiger partial charge in [0.2, 0.25) is 0 Å². The van der Waals surface area contributed by atoms with Crippen molar-refractivity contribution >= 4 is 11.9 Å². The maximum absolute atomic E-state index is 10.2. The molecule has 7 aromatic rings. The van der Waals surface area contributed by atoms with Gasteiger partial charge in [0.25, 0.3) is 0 Å². The zero-order chi connectivity index (χ0) is 30.4. The summed E-state index contributed by atoms with van der Waals surface area (Å²) in [6.07, 6.45) is 30.5. The zero-order valence-electron chi connectivity index (χ0n) is 24.4. The number of carboxylic acids is 2. The minimum atomic E-state index is -1.33. The van der Waals surface area contributed by atoms with Gasteiger partial charge in [-0.15, -0.1) is 0 Å². The predicted octanol–water partition coefficient (Wildman–Crippen LogP) is -2.43. The molecule has 0 amide bonds. The van der Waals surface area contributed by atoms with Crippen molar-refractivity contribution < 1.29 is 58.8 Å². The molecule has 7 rings (SSSR count). The van der Waals surface area contributed by atoms with E-state index in [4.69, 9.17) is 0 Å². The normalized spacial score (nSPS) is 7.49. The Morgan fingerprint density at radius 2 is 0.574 bits per heavy atom. The molecule has 21 heteroatoms. The Labute approximate surface area is 278 Å². The van der Waals surface area contributed by atoms with Crippen LogP contribution in [-0.4, -0.2) is 93.7 Å². The van der Waals surface area contributed by atoms with E-state index in [-0.39, 0.29) is 50.1 Å². The Hall–Kier alpha value is -6.22. The van der Waals surface area contributed by atoms with Crippen LogP contribution in [0.25, 0.3) is 0 Å². The fraction of sp³-hybridized carbons (Fsp3) is 0. The van der Waals surface area contributed by atoms with Gasteiger partial charge < -0.3 is 71.6 Å². The maximum atomic E-state index is 10.2. The van der Waals surface area contributed by atoms with Crippen LogP contribution in [0.15, 0.2) is 137 Å². The summed E-state index contributed by atoms with van der Waals surface area (Å²) in [5.74, 6) is -2.67. The van der Waals surface area contributed by atoms with Gasteiger partial charge in [-0.1, -0.05) is 24.3 Å². The van der Waals surface area contributed by atoms with Gasteiger partial charge in [-0.25, -0.2) is 29.9 Å². The van der Waals surface area contributed by atoms with E-state index in [0.717, 1.165) is 24.3 Å². The maximum Gasteiger partial charge on any atom is 2.00 e. The standard InChI is InChI=1S/C8H6O4.6C3H4N2.Mn.4H2O/c9-7(10)5-1-2-6(4-3-5)8(11)12;6*1-2-5-3-4-1;;;;;/h1-4H,(H,9,10)(H,11,12);6*1-3H,(H,4,5);;4*1H2/q;;;;;;;+2;;;;/p-2. The molecule has 255 valence electrons. The number of H-pyrrole nitrogens is 6. The second-order valence-corrected chi connectivity index (χ2v) is 6.72. The molecule has 0 atom stereocenters. The molecular weight excluding hydrogens is 663 g/mol. The van der Waals surface area contributed by atoms with Gasteiger partial charge in [0, 0.05) is 74.4 Å². The third-order valence-corrected chi connectivity index (χ3v) is 3.79. The molecule has 0 unspecified atom stereocenters. The molecule has 1 radical (unpaired) electrons. The first-order chi connectivity index (χ1) is 20.6. The van der Waals surface area contributed by atoms with Crippen LogP contribution in [0.5, 0.6) is 0 Å². The van der Waals surface area contributed by atoms with Gasteiger partial charge >= 0.3 is 17.1 Å². The van der Waals surface area contributed by atoms with Crippen LogP contribution < -0.4 is 10.2 Å². The van der Waals surface area contributed by atoms with E-state index in [0.29, 0.717) is 0 Å². The number of benzene rings is 1. The molecule has 0 aliphatic carbocycles. The molecule has 1 aromatic carbocycles. The monoisotopic (exact) mass is 699 g/mol. The number of nitrogens with one attached hydrogen (secondary N) is 6. The van der Waals surface area contributed by atoms with Gasteiger partial charge in [0.1, 0.15) is 0 Å². The van der Waals surface area contributed by atoms with E-state index < -0.39 is 11.9 Å². The van der Waals surface area contributed by atoms with Crippen LogP contribution in [0, 0.1) is 0 Å². The number of carbonyl (C=O) groups excluding carboxylic acids is 2. The van der Waals surface area contributed by atoms with Crippen LogP contribution >= 0.6 is 0 Å².